The van der Waals surface area contributed by atoms with Crippen molar-refractivity contribution in [1.29, 1.82) is 0 Å². The minimum atomic E-state index is -3.92. The van der Waals surface area contributed by atoms with Crippen LogP contribution in [0.3, 0.4) is 0 Å². The number of hydrogen-bond donors (Lipinski definition) is 2. The van der Waals surface area contributed by atoms with Crippen molar-refractivity contribution in [2.24, 2.45) is 0 Å². The van der Waals surface area contributed by atoms with Crippen molar-refractivity contribution in [3.05, 3.63) is 76.9 Å². The first-order valence-electron chi connectivity index (χ1n) is 8.09. The number of carbonyl (C=O) groups is 2. The van der Waals surface area contributed by atoms with Crippen molar-refractivity contribution in [3.63, 3.8) is 0 Å². The average Bonchev–Trinajstić information content (AvgIpc) is 2.77. The quantitative estimate of drug-likeness (QED) is 0.670. The van der Waals surface area contributed by atoms with E-state index in [0.29, 0.717) is 5.02 Å². The molecule has 2 amide bonds. The van der Waals surface area contributed by atoms with E-state index in [2.05, 4.69) is 15.6 Å². The first kappa shape index (κ1) is 18.1. The van der Waals surface area contributed by atoms with Crippen LogP contribution in [0.4, 0.5) is 11.5 Å². The monoisotopic (exact) mass is 413 g/mol. The molecule has 9 heteroatoms. The number of anilines is 2. The van der Waals surface area contributed by atoms with Crippen LogP contribution in [0.2, 0.25) is 5.02 Å². The van der Waals surface area contributed by atoms with E-state index < -0.39 is 21.7 Å². The van der Waals surface area contributed by atoms with E-state index in [-0.39, 0.29) is 32.4 Å². The van der Waals surface area contributed by atoms with Gasteiger partial charge in [0.25, 0.3) is 11.8 Å². The summed E-state index contributed by atoms with van der Waals surface area (Å²) in [6.45, 7) is 0. The molecule has 28 heavy (non-hydrogen) atoms. The lowest BCUT2D eigenvalue weighted by molar-refractivity contribution is 0.101. The molecule has 0 atom stereocenters. The van der Waals surface area contributed by atoms with Gasteiger partial charge >= 0.3 is 0 Å². The summed E-state index contributed by atoms with van der Waals surface area (Å²) in [6, 6.07) is 13.1. The largest absolute Gasteiger partial charge is 0.321 e. The number of nitrogens with one attached hydrogen (secondary N) is 2. The number of aromatic nitrogens is 1. The summed E-state index contributed by atoms with van der Waals surface area (Å²) < 4.78 is 25.9. The predicted molar refractivity (Wildman–Crippen MR) is 103 cm³/mol. The number of carbonyl (C=O) groups excluding carboxylic acids is 2. The average molecular weight is 414 g/mol. The van der Waals surface area contributed by atoms with Crippen LogP contribution in [0.5, 0.6) is 0 Å². The Morgan fingerprint density at radius 1 is 1.04 bits per heavy atom. The van der Waals surface area contributed by atoms with Crippen molar-refractivity contribution < 1.29 is 18.0 Å². The Morgan fingerprint density at radius 3 is 2.57 bits per heavy atom. The van der Waals surface area contributed by atoms with Gasteiger partial charge in [0.2, 0.25) is 9.84 Å². The lowest BCUT2D eigenvalue weighted by Crippen LogP contribution is -2.15. The summed E-state index contributed by atoms with van der Waals surface area (Å²) >= 11 is 5.77. The fourth-order valence-electron chi connectivity index (χ4n) is 2.84. The molecule has 1 aliphatic rings. The predicted octanol–water partition coefficient (Wildman–Crippen LogP) is 3.39. The third kappa shape index (κ3) is 3.12. The number of fused-ring (bicyclic) bond motifs is 2. The maximum Gasteiger partial charge on any atom is 0.257 e. The normalized spacial score (nSPS) is 14.2. The van der Waals surface area contributed by atoms with E-state index in [9.17, 15) is 18.0 Å². The lowest BCUT2D eigenvalue weighted by atomic mass is 10.1. The summed E-state index contributed by atoms with van der Waals surface area (Å²) in [4.78, 5) is 28.8. The van der Waals surface area contributed by atoms with E-state index in [1.165, 1.54) is 42.6 Å². The molecule has 0 saturated carbocycles. The Bertz CT molecular complexity index is 1220. The van der Waals surface area contributed by atoms with Crippen LogP contribution in [0.25, 0.3) is 0 Å². The highest BCUT2D eigenvalue weighted by atomic mass is 35.5. The molecule has 1 aromatic heterocycles. The molecule has 0 aliphatic carbocycles. The first-order chi connectivity index (χ1) is 13.4. The number of rotatable bonds is 2. The zero-order valence-electron chi connectivity index (χ0n) is 14.1. The van der Waals surface area contributed by atoms with Crippen LogP contribution in [0.1, 0.15) is 20.7 Å². The van der Waals surface area contributed by atoms with Crippen LogP contribution in [0, 0.1) is 0 Å². The van der Waals surface area contributed by atoms with Gasteiger partial charge in [-0.15, -0.1) is 0 Å². The molecule has 0 fully saturated rings. The number of halogens is 1. The second-order valence-corrected chi connectivity index (χ2v) is 8.30. The molecule has 2 N–H and O–H groups in total. The van der Waals surface area contributed by atoms with Crippen LogP contribution in [-0.2, 0) is 9.84 Å². The molecule has 0 radical (unpaired) electrons. The lowest BCUT2D eigenvalue weighted by Gasteiger charge is -2.10. The maximum atomic E-state index is 12.9. The smallest absolute Gasteiger partial charge is 0.257 e. The highest BCUT2D eigenvalue weighted by molar-refractivity contribution is 7.91. The summed E-state index contributed by atoms with van der Waals surface area (Å²) in [5.74, 6) is -0.783. The second-order valence-electron chi connectivity index (χ2n) is 5.98. The van der Waals surface area contributed by atoms with Crippen molar-refractivity contribution in [2.45, 2.75) is 9.79 Å². The fourth-order valence-corrected chi connectivity index (χ4v) is 4.54. The topological polar surface area (TPSA) is 105 Å². The molecule has 2 heterocycles. The van der Waals surface area contributed by atoms with E-state index in [4.69, 9.17) is 11.6 Å². The van der Waals surface area contributed by atoms with Gasteiger partial charge in [-0.05, 0) is 42.5 Å². The molecule has 4 rings (SSSR count). The first-order valence-corrected chi connectivity index (χ1v) is 9.95. The van der Waals surface area contributed by atoms with Gasteiger partial charge in [0, 0.05) is 11.8 Å². The molecule has 0 unspecified atom stereocenters. The molecule has 2 aromatic carbocycles. The summed E-state index contributed by atoms with van der Waals surface area (Å²) in [6.07, 6.45) is 1.39. The van der Waals surface area contributed by atoms with Gasteiger partial charge < -0.3 is 10.6 Å². The summed E-state index contributed by atoms with van der Waals surface area (Å²) in [7, 11) is -3.92. The van der Waals surface area contributed by atoms with Gasteiger partial charge in [-0.25, -0.2) is 13.4 Å². The van der Waals surface area contributed by atoms with Crippen molar-refractivity contribution in [3.8, 4) is 0 Å². The standard InChI is InChI=1S/C19H12ClN3O4S/c20-12-6-8-17(21-10-12)23-18(24)11-5-7-16-14(9-11)22-19(25)13-3-1-2-4-15(13)28(16,26)27/h1-10H,(H,22,25)(H,21,23,24). The van der Waals surface area contributed by atoms with Crippen LogP contribution < -0.4 is 10.6 Å². The van der Waals surface area contributed by atoms with E-state index in [0.717, 1.165) is 0 Å². The highest BCUT2D eigenvalue weighted by Crippen LogP contribution is 2.34. The van der Waals surface area contributed by atoms with Gasteiger partial charge in [-0.1, -0.05) is 23.7 Å². The van der Waals surface area contributed by atoms with Gasteiger partial charge in [-0.2, -0.15) is 0 Å². The van der Waals surface area contributed by atoms with E-state index in [1.54, 1.807) is 18.2 Å². The summed E-state index contributed by atoms with van der Waals surface area (Å²) in [5.41, 5.74) is 0.255. The van der Waals surface area contributed by atoms with Crippen LogP contribution >= 0.6 is 11.6 Å². The molecule has 0 saturated heterocycles. The SMILES string of the molecule is O=C(Nc1ccc(Cl)cn1)c1ccc2c(c1)NC(=O)c1ccccc1S2(=O)=O. The number of amides is 2. The number of hydrogen-bond acceptors (Lipinski definition) is 5. The Morgan fingerprint density at radius 2 is 1.82 bits per heavy atom. The maximum absolute atomic E-state index is 12.9. The van der Waals surface area contributed by atoms with Crippen molar-refractivity contribution >= 4 is 44.8 Å². The molecular weight excluding hydrogens is 402 g/mol. The number of sulfone groups is 1. The van der Waals surface area contributed by atoms with Crippen LogP contribution in [-0.4, -0.2) is 25.2 Å². The van der Waals surface area contributed by atoms with Crippen LogP contribution in [0.15, 0.2) is 70.6 Å². The minimum absolute atomic E-state index is 0.0397. The third-order valence-electron chi connectivity index (χ3n) is 4.17. The third-order valence-corrected chi connectivity index (χ3v) is 6.26. The Hall–Kier alpha value is -3.23. The highest BCUT2D eigenvalue weighted by Gasteiger charge is 2.31. The molecule has 3 aromatic rings. The Kier molecular flexibility index (Phi) is 4.37. The van der Waals surface area contributed by atoms with Gasteiger partial charge in [0.15, 0.2) is 0 Å². The molecule has 7 nitrogen and oxygen atoms in total. The van der Waals surface area contributed by atoms with Gasteiger partial charge in [0.1, 0.15) is 5.82 Å². The molecule has 140 valence electrons. The molecule has 1 aliphatic heterocycles. The van der Waals surface area contributed by atoms with E-state index in [1.807, 2.05) is 0 Å². The minimum Gasteiger partial charge on any atom is -0.321 e. The second kappa shape index (κ2) is 6.74. The Balaban J connectivity index is 1.73. The molecule has 0 bridgehead atoms. The van der Waals surface area contributed by atoms with Crippen molar-refractivity contribution in [2.75, 3.05) is 10.6 Å². The number of nitrogens with zero attached hydrogens (tertiary/aromatic N) is 1. The van der Waals surface area contributed by atoms with Crippen molar-refractivity contribution in [1.82, 2.24) is 4.98 Å². The molecular formula is C19H12ClN3O4S. The van der Waals surface area contributed by atoms with E-state index >= 15 is 0 Å². The Labute approximate surface area is 165 Å². The number of benzene rings is 2. The number of pyridine rings is 1. The zero-order valence-corrected chi connectivity index (χ0v) is 15.7. The fraction of sp³-hybridized carbons (Fsp3) is 0. The summed E-state index contributed by atoms with van der Waals surface area (Å²) in [5, 5.41) is 5.58. The zero-order chi connectivity index (χ0) is 19.9. The van der Waals surface area contributed by atoms with Gasteiger partial charge in [0.05, 0.1) is 26.1 Å². The van der Waals surface area contributed by atoms with Gasteiger partial charge in [-0.3, -0.25) is 9.59 Å². The molecule has 0 spiro atoms.